The molecule has 0 amide bonds. The van der Waals surface area contributed by atoms with E-state index in [-0.39, 0.29) is 0 Å². The quantitative estimate of drug-likeness (QED) is 0.565. The summed E-state index contributed by atoms with van der Waals surface area (Å²) in [7, 11) is 1.63. The van der Waals surface area contributed by atoms with Gasteiger partial charge in [0.1, 0.15) is 12.4 Å². The average molecular weight is 348 g/mol. The van der Waals surface area contributed by atoms with Crippen LogP contribution >= 0.6 is 0 Å². The van der Waals surface area contributed by atoms with Gasteiger partial charge in [0.2, 0.25) is 5.58 Å². The number of furan rings is 1. The Balaban J connectivity index is 1.56. The fourth-order valence-electron chi connectivity index (χ4n) is 2.48. The van der Waals surface area contributed by atoms with E-state index in [1.54, 1.807) is 25.8 Å². The predicted octanol–water partition coefficient (Wildman–Crippen LogP) is 3.95. The Morgan fingerprint density at radius 1 is 1.00 bits per heavy atom. The van der Waals surface area contributed by atoms with E-state index in [4.69, 9.17) is 13.9 Å². The van der Waals surface area contributed by atoms with Gasteiger partial charge in [0.25, 0.3) is 5.88 Å². The molecule has 130 valence electrons. The monoisotopic (exact) mass is 348 g/mol. The maximum Gasteiger partial charge on any atom is 0.278 e. The Morgan fingerprint density at radius 2 is 1.81 bits per heavy atom. The molecule has 0 fully saturated rings. The van der Waals surface area contributed by atoms with Crippen LogP contribution in [0.1, 0.15) is 5.56 Å². The molecule has 0 aliphatic rings. The van der Waals surface area contributed by atoms with Crippen LogP contribution in [0.15, 0.2) is 65.5 Å². The minimum absolute atomic E-state index is 0.349. The Bertz CT molecular complexity index is 1000. The van der Waals surface area contributed by atoms with Crippen LogP contribution in [0.5, 0.6) is 11.6 Å². The van der Waals surface area contributed by atoms with Gasteiger partial charge in [-0.05, 0) is 48.0 Å². The fraction of sp³-hybridized carbons (Fsp3) is 0.105. The van der Waals surface area contributed by atoms with Crippen molar-refractivity contribution in [2.75, 3.05) is 12.4 Å². The molecule has 3 aromatic heterocycles. The molecule has 0 bridgehead atoms. The van der Waals surface area contributed by atoms with E-state index in [9.17, 15) is 0 Å². The van der Waals surface area contributed by atoms with Crippen molar-refractivity contribution in [3.8, 4) is 11.6 Å². The first kappa shape index (κ1) is 15.9. The van der Waals surface area contributed by atoms with Crippen LogP contribution in [0.25, 0.3) is 11.0 Å². The maximum absolute atomic E-state index is 5.76. The van der Waals surface area contributed by atoms with Gasteiger partial charge in [-0.2, -0.15) is 0 Å². The molecule has 1 aromatic carbocycles. The summed E-state index contributed by atoms with van der Waals surface area (Å²) in [5.74, 6) is 1.73. The molecule has 0 atom stereocenters. The van der Waals surface area contributed by atoms with Gasteiger partial charge in [0.15, 0.2) is 5.82 Å². The molecule has 0 saturated carbocycles. The maximum atomic E-state index is 5.76. The number of nitrogens with zero attached hydrogens (tertiary/aromatic N) is 3. The van der Waals surface area contributed by atoms with E-state index in [0.29, 0.717) is 23.9 Å². The number of benzene rings is 1. The van der Waals surface area contributed by atoms with Gasteiger partial charge in [-0.1, -0.05) is 0 Å². The molecule has 4 aromatic rings. The molecule has 3 heterocycles. The van der Waals surface area contributed by atoms with Crippen LogP contribution in [0, 0.1) is 0 Å². The van der Waals surface area contributed by atoms with Gasteiger partial charge in [0.05, 0.1) is 18.8 Å². The van der Waals surface area contributed by atoms with E-state index in [0.717, 1.165) is 22.4 Å². The normalized spacial score (nSPS) is 10.7. The second-order valence-corrected chi connectivity index (χ2v) is 5.51. The first-order valence-corrected chi connectivity index (χ1v) is 8.00. The summed E-state index contributed by atoms with van der Waals surface area (Å²) in [6.45, 7) is 0.359. The van der Waals surface area contributed by atoms with Crippen LogP contribution in [0.4, 0.5) is 11.5 Å². The van der Waals surface area contributed by atoms with Crippen molar-refractivity contribution < 1.29 is 13.9 Å². The highest BCUT2D eigenvalue weighted by Gasteiger charge is 2.14. The topological polar surface area (TPSA) is 82.3 Å². The fourth-order valence-corrected chi connectivity index (χ4v) is 2.48. The lowest BCUT2D eigenvalue weighted by atomic mass is 10.2. The highest BCUT2D eigenvalue weighted by molar-refractivity contribution is 5.92. The second kappa shape index (κ2) is 7.10. The van der Waals surface area contributed by atoms with Crippen LogP contribution in [-0.4, -0.2) is 22.3 Å². The molecule has 0 spiro atoms. The molecular formula is C19H16N4O3. The zero-order valence-corrected chi connectivity index (χ0v) is 14.0. The van der Waals surface area contributed by atoms with Gasteiger partial charge < -0.3 is 19.2 Å². The molecule has 0 aliphatic heterocycles. The zero-order valence-electron chi connectivity index (χ0n) is 14.0. The van der Waals surface area contributed by atoms with E-state index in [1.807, 2.05) is 42.5 Å². The number of hydrogen-bond donors (Lipinski definition) is 1. The number of anilines is 2. The van der Waals surface area contributed by atoms with E-state index >= 15 is 0 Å². The molecule has 0 saturated heterocycles. The summed E-state index contributed by atoms with van der Waals surface area (Å²) >= 11 is 0. The van der Waals surface area contributed by atoms with Crippen molar-refractivity contribution in [2.45, 2.75) is 6.61 Å². The standard InChI is InChI=1S/C19H16N4O3/c1-24-15-4-2-14(3-5-15)21-18-16-8-11-25-17(16)19(23-22-18)26-12-13-6-9-20-10-7-13/h2-11H,12H2,1H3,(H,21,22). The number of nitrogens with one attached hydrogen (secondary N) is 1. The third kappa shape index (κ3) is 3.27. The first-order chi connectivity index (χ1) is 12.8. The van der Waals surface area contributed by atoms with Crippen LogP contribution < -0.4 is 14.8 Å². The van der Waals surface area contributed by atoms with Crippen molar-refractivity contribution in [2.24, 2.45) is 0 Å². The van der Waals surface area contributed by atoms with Crippen molar-refractivity contribution in [3.63, 3.8) is 0 Å². The Kier molecular flexibility index (Phi) is 4.34. The van der Waals surface area contributed by atoms with Crippen molar-refractivity contribution >= 4 is 22.5 Å². The second-order valence-electron chi connectivity index (χ2n) is 5.51. The first-order valence-electron chi connectivity index (χ1n) is 8.00. The summed E-state index contributed by atoms with van der Waals surface area (Å²) in [6.07, 6.45) is 5.02. The number of hydrogen-bond acceptors (Lipinski definition) is 7. The molecular weight excluding hydrogens is 332 g/mol. The molecule has 7 heteroatoms. The average Bonchev–Trinajstić information content (AvgIpc) is 3.19. The van der Waals surface area contributed by atoms with Crippen LogP contribution in [0.3, 0.4) is 0 Å². The third-order valence-corrected chi connectivity index (χ3v) is 3.83. The zero-order chi connectivity index (χ0) is 17.8. The minimum atomic E-state index is 0.349. The SMILES string of the molecule is COc1ccc(Nc2nnc(OCc3ccncc3)c3occc23)cc1. The summed E-state index contributed by atoms with van der Waals surface area (Å²) < 4.78 is 16.5. The Morgan fingerprint density at radius 3 is 2.58 bits per heavy atom. The predicted molar refractivity (Wildman–Crippen MR) is 96.6 cm³/mol. The van der Waals surface area contributed by atoms with E-state index in [1.165, 1.54) is 0 Å². The molecule has 0 aliphatic carbocycles. The van der Waals surface area contributed by atoms with Gasteiger partial charge in [-0.25, -0.2) is 0 Å². The highest BCUT2D eigenvalue weighted by Crippen LogP contribution is 2.31. The van der Waals surface area contributed by atoms with Gasteiger partial charge in [-0.15, -0.1) is 10.2 Å². The van der Waals surface area contributed by atoms with Crippen LogP contribution in [0.2, 0.25) is 0 Å². The van der Waals surface area contributed by atoms with Gasteiger partial charge in [0, 0.05) is 18.1 Å². The van der Waals surface area contributed by atoms with Crippen molar-refractivity contribution in [3.05, 3.63) is 66.7 Å². The Hall–Kier alpha value is -3.61. The summed E-state index contributed by atoms with van der Waals surface area (Å²) in [4.78, 5) is 3.99. The van der Waals surface area contributed by atoms with Crippen molar-refractivity contribution in [1.29, 1.82) is 0 Å². The molecule has 0 radical (unpaired) electrons. The highest BCUT2D eigenvalue weighted by atomic mass is 16.5. The lowest BCUT2D eigenvalue weighted by Crippen LogP contribution is -2.01. The summed E-state index contributed by atoms with van der Waals surface area (Å²) in [5.41, 5.74) is 2.40. The lowest BCUT2D eigenvalue weighted by molar-refractivity contribution is 0.289. The molecule has 26 heavy (non-hydrogen) atoms. The van der Waals surface area contributed by atoms with Crippen molar-refractivity contribution in [1.82, 2.24) is 15.2 Å². The number of ether oxygens (including phenoxy) is 2. The smallest absolute Gasteiger partial charge is 0.278 e. The van der Waals surface area contributed by atoms with E-state index in [2.05, 4.69) is 20.5 Å². The largest absolute Gasteiger partial charge is 0.497 e. The van der Waals surface area contributed by atoms with E-state index < -0.39 is 0 Å². The third-order valence-electron chi connectivity index (χ3n) is 3.83. The molecule has 4 rings (SSSR count). The minimum Gasteiger partial charge on any atom is -0.497 e. The lowest BCUT2D eigenvalue weighted by Gasteiger charge is -2.09. The number of aromatic nitrogens is 3. The molecule has 7 nitrogen and oxygen atoms in total. The molecule has 1 N–H and O–H groups in total. The molecule has 0 unspecified atom stereocenters. The number of fused-ring (bicyclic) bond motifs is 1. The summed E-state index contributed by atoms with van der Waals surface area (Å²) in [5, 5.41) is 12.4. The van der Waals surface area contributed by atoms with Gasteiger partial charge >= 0.3 is 0 Å². The number of pyridine rings is 1. The van der Waals surface area contributed by atoms with Crippen LogP contribution in [-0.2, 0) is 6.61 Å². The number of methoxy groups -OCH3 is 1. The van der Waals surface area contributed by atoms with Gasteiger partial charge in [-0.3, -0.25) is 4.98 Å². The number of rotatable bonds is 6. The Labute approximate surface area is 149 Å². The summed E-state index contributed by atoms with van der Waals surface area (Å²) in [6, 6.07) is 13.1.